The molecule has 0 bridgehead atoms. The van der Waals surface area contributed by atoms with E-state index in [4.69, 9.17) is 0 Å². The fourth-order valence-electron chi connectivity index (χ4n) is 6.67. The van der Waals surface area contributed by atoms with Crippen molar-refractivity contribution in [1.82, 2.24) is 9.13 Å². The summed E-state index contributed by atoms with van der Waals surface area (Å²) in [4.78, 5) is 0. The van der Waals surface area contributed by atoms with Crippen LogP contribution in [0.2, 0.25) is 0 Å². The van der Waals surface area contributed by atoms with Crippen LogP contribution in [0.25, 0.3) is 76.5 Å². The lowest BCUT2D eigenvalue weighted by Crippen LogP contribution is -1.99. The van der Waals surface area contributed by atoms with E-state index < -0.39 is 0 Å². The highest BCUT2D eigenvalue weighted by Crippen LogP contribution is 2.42. The monoisotopic (exact) mass is 508 g/mol. The maximum absolute atomic E-state index is 2.47. The molecule has 2 heterocycles. The Balaban J connectivity index is 1.51. The van der Waals surface area contributed by atoms with Crippen LogP contribution in [0.3, 0.4) is 0 Å². The first kappa shape index (κ1) is 21.6. The van der Waals surface area contributed by atoms with Gasteiger partial charge in [-0.25, -0.2) is 0 Å². The fraction of sp³-hybridized carbons (Fsp3) is 0. The van der Waals surface area contributed by atoms with Gasteiger partial charge in [0, 0.05) is 32.9 Å². The van der Waals surface area contributed by atoms with Crippen LogP contribution in [0.5, 0.6) is 0 Å². The second-order valence-electron chi connectivity index (χ2n) is 10.6. The second-order valence-corrected chi connectivity index (χ2v) is 10.6. The lowest BCUT2D eigenvalue weighted by molar-refractivity contribution is 1.15. The first-order valence-corrected chi connectivity index (χ1v) is 13.8. The Labute approximate surface area is 230 Å². The lowest BCUT2D eigenvalue weighted by Gasteiger charge is -2.13. The Morgan fingerprint density at radius 2 is 0.700 bits per heavy atom. The molecule has 40 heavy (non-hydrogen) atoms. The SMILES string of the molecule is c1ccc2cc(-n3c4ccccc4c4ccc5c6ccccc6n(-c6ccc7ccccc7c6)c5c43)ccc2c1. The van der Waals surface area contributed by atoms with E-state index in [1.165, 1.54) is 76.5 Å². The van der Waals surface area contributed by atoms with Crippen LogP contribution < -0.4 is 0 Å². The minimum Gasteiger partial charge on any atom is -0.307 e. The molecule has 7 aromatic carbocycles. The number of aromatic nitrogens is 2. The number of hydrogen-bond donors (Lipinski definition) is 0. The highest BCUT2D eigenvalue weighted by molar-refractivity contribution is 6.24. The minimum absolute atomic E-state index is 1.17. The van der Waals surface area contributed by atoms with Crippen molar-refractivity contribution in [3.05, 3.63) is 146 Å². The highest BCUT2D eigenvalue weighted by atomic mass is 15.0. The van der Waals surface area contributed by atoms with Gasteiger partial charge in [-0.3, -0.25) is 0 Å². The van der Waals surface area contributed by atoms with Crippen molar-refractivity contribution >= 4 is 65.2 Å². The number of fused-ring (bicyclic) bond motifs is 9. The van der Waals surface area contributed by atoms with Crippen molar-refractivity contribution in [2.45, 2.75) is 0 Å². The predicted molar refractivity (Wildman–Crippen MR) is 170 cm³/mol. The zero-order chi connectivity index (χ0) is 26.2. The Hall–Kier alpha value is -5.34. The number of para-hydroxylation sites is 2. The van der Waals surface area contributed by atoms with Gasteiger partial charge in [-0.05, 0) is 57.9 Å². The molecular weight excluding hydrogens is 484 g/mol. The molecule has 2 nitrogen and oxygen atoms in total. The van der Waals surface area contributed by atoms with Gasteiger partial charge >= 0.3 is 0 Å². The number of nitrogens with zero attached hydrogens (tertiary/aromatic N) is 2. The first-order chi connectivity index (χ1) is 19.8. The third-order valence-electron chi connectivity index (χ3n) is 8.45. The van der Waals surface area contributed by atoms with E-state index in [0.29, 0.717) is 0 Å². The van der Waals surface area contributed by atoms with Gasteiger partial charge in [-0.2, -0.15) is 0 Å². The van der Waals surface area contributed by atoms with Crippen LogP contribution in [-0.2, 0) is 0 Å². The number of rotatable bonds is 2. The lowest BCUT2D eigenvalue weighted by atomic mass is 10.1. The van der Waals surface area contributed by atoms with Crippen molar-refractivity contribution in [2.75, 3.05) is 0 Å². The summed E-state index contributed by atoms with van der Waals surface area (Å²) in [6, 6.07) is 53.1. The van der Waals surface area contributed by atoms with E-state index >= 15 is 0 Å². The van der Waals surface area contributed by atoms with Gasteiger partial charge in [-0.15, -0.1) is 0 Å². The number of benzene rings is 7. The van der Waals surface area contributed by atoms with E-state index in [1.807, 2.05) is 0 Å². The van der Waals surface area contributed by atoms with Gasteiger partial charge in [0.1, 0.15) is 0 Å². The first-order valence-electron chi connectivity index (χ1n) is 13.8. The summed E-state index contributed by atoms with van der Waals surface area (Å²) in [5, 5.41) is 10.1. The van der Waals surface area contributed by atoms with E-state index in [-0.39, 0.29) is 0 Å². The van der Waals surface area contributed by atoms with Crippen molar-refractivity contribution in [2.24, 2.45) is 0 Å². The topological polar surface area (TPSA) is 9.86 Å². The molecular formula is C38H24N2. The molecule has 0 saturated heterocycles. The van der Waals surface area contributed by atoms with Crippen LogP contribution in [0.4, 0.5) is 0 Å². The molecule has 0 unspecified atom stereocenters. The molecule has 0 aliphatic rings. The normalized spacial score (nSPS) is 12.0. The Kier molecular flexibility index (Phi) is 4.36. The van der Waals surface area contributed by atoms with Crippen LogP contribution >= 0.6 is 0 Å². The fourth-order valence-corrected chi connectivity index (χ4v) is 6.67. The maximum Gasteiger partial charge on any atom is 0.0788 e. The Morgan fingerprint density at radius 1 is 0.300 bits per heavy atom. The summed E-state index contributed by atoms with van der Waals surface area (Å²) in [5.41, 5.74) is 7.25. The number of hydrogen-bond acceptors (Lipinski definition) is 0. The summed E-state index contributed by atoms with van der Waals surface area (Å²) in [5.74, 6) is 0. The highest BCUT2D eigenvalue weighted by Gasteiger charge is 2.21. The van der Waals surface area contributed by atoms with Crippen molar-refractivity contribution in [3.8, 4) is 11.4 Å². The van der Waals surface area contributed by atoms with Crippen LogP contribution in [0, 0.1) is 0 Å². The molecule has 2 aromatic heterocycles. The summed E-state index contributed by atoms with van der Waals surface area (Å²) in [6.45, 7) is 0. The molecule has 0 saturated carbocycles. The quantitative estimate of drug-likeness (QED) is 0.220. The van der Waals surface area contributed by atoms with Crippen LogP contribution in [0.1, 0.15) is 0 Å². The molecule has 9 rings (SSSR count). The third-order valence-corrected chi connectivity index (χ3v) is 8.45. The van der Waals surface area contributed by atoms with Crippen LogP contribution in [-0.4, -0.2) is 9.13 Å². The molecule has 0 atom stereocenters. The summed E-state index contributed by atoms with van der Waals surface area (Å²) in [6.07, 6.45) is 0. The molecule has 0 fully saturated rings. The summed E-state index contributed by atoms with van der Waals surface area (Å²) in [7, 11) is 0. The van der Waals surface area contributed by atoms with Gasteiger partial charge in [0.05, 0.1) is 22.1 Å². The van der Waals surface area contributed by atoms with Crippen LogP contribution in [0.15, 0.2) is 146 Å². The molecule has 2 heteroatoms. The van der Waals surface area contributed by atoms with Crippen molar-refractivity contribution in [3.63, 3.8) is 0 Å². The van der Waals surface area contributed by atoms with Gasteiger partial charge < -0.3 is 9.13 Å². The standard InChI is InChI=1S/C38H24N2/c1-3-11-27-23-29(19-17-25(27)9-1)39-35-15-7-5-13-31(35)33-21-22-34-32-14-6-8-16-36(32)40(38(34)37(33)39)30-20-18-26-10-2-4-12-28(26)24-30/h1-24H. The van der Waals surface area contributed by atoms with Gasteiger partial charge in [0.2, 0.25) is 0 Å². The Bertz CT molecular complexity index is 2260. The molecule has 0 N–H and O–H groups in total. The predicted octanol–water partition coefficient (Wildman–Crippen LogP) is 10.2. The molecule has 0 spiro atoms. The molecule has 0 aliphatic heterocycles. The molecule has 186 valence electrons. The van der Waals surface area contributed by atoms with Gasteiger partial charge in [0.15, 0.2) is 0 Å². The van der Waals surface area contributed by atoms with E-state index in [1.54, 1.807) is 0 Å². The van der Waals surface area contributed by atoms with Crippen molar-refractivity contribution in [1.29, 1.82) is 0 Å². The maximum atomic E-state index is 2.47. The molecule has 9 aromatic rings. The van der Waals surface area contributed by atoms with E-state index in [2.05, 4.69) is 155 Å². The zero-order valence-corrected chi connectivity index (χ0v) is 21.8. The summed E-state index contributed by atoms with van der Waals surface area (Å²) >= 11 is 0. The molecule has 0 amide bonds. The average molecular weight is 509 g/mol. The Morgan fingerprint density at radius 3 is 1.18 bits per heavy atom. The van der Waals surface area contributed by atoms with Crippen molar-refractivity contribution < 1.29 is 0 Å². The smallest absolute Gasteiger partial charge is 0.0788 e. The minimum atomic E-state index is 1.17. The van der Waals surface area contributed by atoms with Gasteiger partial charge in [-0.1, -0.05) is 109 Å². The zero-order valence-electron chi connectivity index (χ0n) is 21.8. The second kappa shape index (κ2) is 8.08. The average Bonchev–Trinajstić information content (AvgIpc) is 3.54. The largest absolute Gasteiger partial charge is 0.307 e. The van der Waals surface area contributed by atoms with Gasteiger partial charge in [0.25, 0.3) is 0 Å². The molecule has 0 aliphatic carbocycles. The van der Waals surface area contributed by atoms with E-state index in [9.17, 15) is 0 Å². The molecule has 0 radical (unpaired) electrons. The van der Waals surface area contributed by atoms with E-state index in [0.717, 1.165) is 0 Å². The third kappa shape index (κ3) is 2.93. The summed E-state index contributed by atoms with van der Waals surface area (Å²) < 4.78 is 4.94.